The molecule has 1 aliphatic carbocycles. The molecule has 0 unspecified atom stereocenters. The third kappa shape index (κ3) is 2.67. The van der Waals surface area contributed by atoms with E-state index in [4.69, 9.17) is 0 Å². The van der Waals surface area contributed by atoms with Crippen LogP contribution in [-0.4, -0.2) is 10.2 Å². The Bertz CT molecular complexity index is 187. The zero-order valence-corrected chi connectivity index (χ0v) is 10.5. The number of H-pyrrole nitrogens is 1. The van der Waals surface area contributed by atoms with Crippen LogP contribution >= 0.6 is 0 Å². The van der Waals surface area contributed by atoms with E-state index in [-0.39, 0.29) is 58.8 Å². The van der Waals surface area contributed by atoms with Gasteiger partial charge in [-0.05, 0) is 31.2 Å². The summed E-state index contributed by atoms with van der Waals surface area (Å²) in [4.78, 5) is 0. The Labute approximate surface area is 111 Å². The normalized spacial score (nSPS) is 14.2. The van der Waals surface area contributed by atoms with Gasteiger partial charge >= 0.3 is 51.4 Å². The van der Waals surface area contributed by atoms with E-state index in [0.29, 0.717) is 0 Å². The van der Waals surface area contributed by atoms with Gasteiger partial charge in [0.15, 0.2) is 0 Å². The number of nitrogens with one attached hydrogen (secondary N) is 1. The number of fused-ring (bicyclic) bond motifs is 1. The molecule has 0 bridgehead atoms. The molecule has 1 heterocycles. The van der Waals surface area contributed by atoms with Crippen LogP contribution in [0.3, 0.4) is 0 Å². The average molecular weight is 176 g/mol. The fraction of sp³-hybridized carbons (Fsp3) is 0.500. The van der Waals surface area contributed by atoms with Crippen LogP contribution in [0.4, 0.5) is 0 Å². The van der Waals surface area contributed by atoms with E-state index in [1.54, 1.807) is 0 Å². The van der Waals surface area contributed by atoms with Gasteiger partial charge in [0.2, 0.25) is 0 Å². The second-order valence-corrected chi connectivity index (χ2v) is 2.58. The van der Waals surface area contributed by atoms with Crippen molar-refractivity contribution in [3.63, 3.8) is 0 Å². The quantitative estimate of drug-likeness (QED) is 0.388. The van der Waals surface area contributed by atoms with Gasteiger partial charge in [-0.25, -0.2) is 0 Å². The molecule has 1 aromatic heterocycles. The maximum atomic E-state index is 3.98. The zero-order chi connectivity index (χ0) is 6.10. The van der Waals surface area contributed by atoms with Crippen LogP contribution in [-0.2, 0) is 12.8 Å². The molecule has 56 valence electrons. The predicted molar refractivity (Wildman–Crippen MR) is 41.6 cm³/mol. The Hall–Kier alpha value is 0.846. The van der Waals surface area contributed by atoms with Crippen molar-refractivity contribution in [1.29, 1.82) is 0 Å². The molecule has 3 heteroatoms. The van der Waals surface area contributed by atoms with E-state index in [2.05, 4.69) is 10.2 Å². The molecule has 0 fully saturated rings. The van der Waals surface area contributed by atoms with E-state index >= 15 is 0 Å². The summed E-state index contributed by atoms with van der Waals surface area (Å²) in [5.41, 5.74) is 2.79. The van der Waals surface area contributed by atoms with Crippen molar-refractivity contribution in [1.82, 2.24) is 10.2 Å². The Morgan fingerprint density at radius 2 is 2.00 bits per heavy atom. The Morgan fingerprint density at radius 1 is 1.27 bits per heavy atom. The van der Waals surface area contributed by atoms with Crippen molar-refractivity contribution >= 4 is 0 Å². The maximum Gasteiger partial charge on any atom is 1.00 e. The van der Waals surface area contributed by atoms with E-state index in [1.165, 1.54) is 36.9 Å². The number of rotatable bonds is 0. The fourth-order valence-corrected chi connectivity index (χ4v) is 1.39. The number of aryl methyl sites for hydroxylation is 2. The van der Waals surface area contributed by atoms with Crippen molar-refractivity contribution < 1.29 is 51.4 Å². The third-order valence-electron chi connectivity index (χ3n) is 1.93. The molecule has 1 N–H and O–H groups in total. The van der Waals surface area contributed by atoms with Crippen LogP contribution in [0, 0.1) is 7.43 Å². The summed E-state index contributed by atoms with van der Waals surface area (Å²) in [6, 6.07) is 0. The molecule has 11 heavy (non-hydrogen) atoms. The summed E-state index contributed by atoms with van der Waals surface area (Å²) in [7, 11) is 0. The molecule has 1 aromatic rings. The Morgan fingerprint density at radius 3 is 2.73 bits per heavy atom. The Kier molecular flexibility index (Phi) is 5.91. The second-order valence-electron chi connectivity index (χ2n) is 2.58. The first-order valence-electron chi connectivity index (χ1n) is 3.48. The van der Waals surface area contributed by atoms with Gasteiger partial charge in [-0.15, -0.1) is 0 Å². The molecule has 0 aliphatic heterocycles. The van der Waals surface area contributed by atoms with Crippen LogP contribution in [0.1, 0.15) is 24.1 Å². The predicted octanol–water partition coefficient (Wildman–Crippen LogP) is -1.26. The number of aromatic nitrogens is 2. The molecule has 0 amide bonds. The molecule has 0 aromatic carbocycles. The van der Waals surface area contributed by atoms with Gasteiger partial charge < -0.3 is 7.43 Å². The molecule has 2 rings (SSSR count). The van der Waals surface area contributed by atoms with Gasteiger partial charge in [0.05, 0.1) is 6.20 Å². The second kappa shape index (κ2) is 5.48. The van der Waals surface area contributed by atoms with Crippen molar-refractivity contribution in [2.75, 3.05) is 0 Å². The summed E-state index contributed by atoms with van der Waals surface area (Å²) < 4.78 is 0. The van der Waals surface area contributed by atoms with Crippen molar-refractivity contribution in [3.8, 4) is 0 Å². The van der Waals surface area contributed by atoms with Crippen molar-refractivity contribution in [2.24, 2.45) is 0 Å². The summed E-state index contributed by atoms with van der Waals surface area (Å²) in [6.45, 7) is 0. The largest absolute Gasteiger partial charge is 1.00 e. The smallest absolute Gasteiger partial charge is 0.358 e. The third-order valence-corrected chi connectivity index (χ3v) is 1.93. The zero-order valence-electron chi connectivity index (χ0n) is 7.35. The van der Waals surface area contributed by atoms with Gasteiger partial charge in [-0.3, -0.25) is 5.10 Å². The standard InChI is InChI=1S/C7H10N2.CH3.K/c1-2-4-7-6(3-1)5-8-9-7;;/h5H,1-4H2,(H,8,9);1H3;/q;-1;+1. The van der Waals surface area contributed by atoms with E-state index < -0.39 is 0 Å². The first kappa shape index (κ1) is 11.8. The van der Waals surface area contributed by atoms with Crippen LogP contribution in [0.15, 0.2) is 6.20 Å². The Balaban J connectivity index is 0.000000500. The number of aromatic amines is 1. The minimum atomic E-state index is 0. The molecule has 2 nitrogen and oxygen atoms in total. The topological polar surface area (TPSA) is 28.7 Å². The number of hydrogen-bond donors (Lipinski definition) is 1. The summed E-state index contributed by atoms with van der Waals surface area (Å²) in [5, 5.41) is 6.99. The summed E-state index contributed by atoms with van der Waals surface area (Å²) >= 11 is 0. The molecule has 1 aliphatic rings. The van der Waals surface area contributed by atoms with E-state index in [9.17, 15) is 0 Å². The number of nitrogens with zero attached hydrogens (tertiary/aromatic N) is 1. The van der Waals surface area contributed by atoms with Gasteiger partial charge in [-0.2, -0.15) is 5.10 Å². The molecular weight excluding hydrogens is 163 g/mol. The van der Waals surface area contributed by atoms with Crippen molar-refractivity contribution in [3.05, 3.63) is 24.9 Å². The molecule has 0 saturated heterocycles. The van der Waals surface area contributed by atoms with Gasteiger partial charge in [0, 0.05) is 5.69 Å². The minimum absolute atomic E-state index is 0. The molecular formula is C8H13KN2. The summed E-state index contributed by atoms with van der Waals surface area (Å²) in [6.07, 6.45) is 7.05. The average Bonchev–Trinajstić information content (AvgIpc) is 2.33. The van der Waals surface area contributed by atoms with E-state index in [0.717, 1.165) is 0 Å². The molecule has 0 atom stereocenters. The van der Waals surface area contributed by atoms with Gasteiger partial charge in [-0.1, -0.05) is 0 Å². The van der Waals surface area contributed by atoms with Crippen molar-refractivity contribution in [2.45, 2.75) is 25.7 Å². The van der Waals surface area contributed by atoms with Crippen LogP contribution in [0.25, 0.3) is 0 Å². The van der Waals surface area contributed by atoms with Gasteiger partial charge in [0.1, 0.15) is 0 Å². The first-order valence-corrected chi connectivity index (χ1v) is 3.48. The molecule has 0 radical (unpaired) electrons. The van der Waals surface area contributed by atoms with Crippen LogP contribution in [0.5, 0.6) is 0 Å². The van der Waals surface area contributed by atoms with Crippen LogP contribution in [0.2, 0.25) is 0 Å². The minimum Gasteiger partial charge on any atom is -0.358 e. The first-order chi connectivity index (χ1) is 4.47. The summed E-state index contributed by atoms with van der Waals surface area (Å²) in [5.74, 6) is 0. The van der Waals surface area contributed by atoms with Crippen LogP contribution < -0.4 is 51.4 Å². The fourth-order valence-electron chi connectivity index (χ4n) is 1.39. The van der Waals surface area contributed by atoms with E-state index in [1.807, 2.05) is 6.20 Å². The number of hydrogen-bond acceptors (Lipinski definition) is 1. The molecule has 0 saturated carbocycles. The SMILES string of the molecule is [CH3-].[K+].c1n[nH]c2c1CCCC2. The maximum absolute atomic E-state index is 3.98. The monoisotopic (exact) mass is 176 g/mol. The molecule has 0 spiro atoms. The van der Waals surface area contributed by atoms with Gasteiger partial charge in [0.25, 0.3) is 0 Å².